The van der Waals surface area contributed by atoms with E-state index < -0.39 is 0 Å². The predicted octanol–water partition coefficient (Wildman–Crippen LogP) is 3.93. The molecular weight excluding hydrogens is 264 g/mol. The molecule has 0 spiro atoms. The lowest BCUT2D eigenvalue weighted by Crippen LogP contribution is -1.94. The van der Waals surface area contributed by atoms with Gasteiger partial charge in [0.25, 0.3) is 0 Å². The Kier molecular flexibility index (Phi) is 3.36. The Morgan fingerprint density at radius 3 is 2.43 bits per heavy atom. The second kappa shape index (κ2) is 5.32. The van der Waals surface area contributed by atoms with Gasteiger partial charge in [-0.25, -0.2) is 4.98 Å². The summed E-state index contributed by atoms with van der Waals surface area (Å²) in [6, 6.07) is 15.2. The van der Waals surface area contributed by atoms with Gasteiger partial charge in [0.05, 0.1) is 18.3 Å². The van der Waals surface area contributed by atoms with Crippen LogP contribution in [-0.2, 0) is 0 Å². The first kappa shape index (κ1) is 13.2. The number of aryl methyl sites for hydroxylation is 1. The molecule has 106 valence electrons. The SMILES string of the molecule is COc1cc(N)c2nc(Oc3ccc(C)cc3)ccc2c1. The first-order valence-electron chi connectivity index (χ1n) is 6.64. The molecule has 0 unspecified atom stereocenters. The van der Waals surface area contributed by atoms with Crippen molar-refractivity contribution in [3.8, 4) is 17.4 Å². The molecule has 3 aromatic rings. The topological polar surface area (TPSA) is 57.4 Å². The fourth-order valence-electron chi connectivity index (χ4n) is 2.12. The molecule has 2 aromatic carbocycles. The second-order valence-corrected chi connectivity index (χ2v) is 4.85. The zero-order valence-corrected chi connectivity index (χ0v) is 12.0. The van der Waals surface area contributed by atoms with Crippen LogP contribution in [0.4, 0.5) is 5.69 Å². The van der Waals surface area contributed by atoms with Gasteiger partial charge in [0.15, 0.2) is 0 Å². The van der Waals surface area contributed by atoms with Gasteiger partial charge < -0.3 is 15.2 Å². The Balaban J connectivity index is 1.97. The predicted molar refractivity (Wildman–Crippen MR) is 84.0 cm³/mol. The number of ether oxygens (including phenoxy) is 2. The van der Waals surface area contributed by atoms with E-state index in [4.69, 9.17) is 15.2 Å². The molecule has 0 aliphatic heterocycles. The van der Waals surface area contributed by atoms with Crippen LogP contribution in [0.5, 0.6) is 17.4 Å². The molecule has 21 heavy (non-hydrogen) atoms. The molecule has 0 radical (unpaired) electrons. The first-order chi connectivity index (χ1) is 10.2. The van der Waals surface area contributed by atoms with E-state index in [0.717, 1.165) is 11.1 Å². The summed E-state index contributed by atoms with van der Waals surface area (Å²) in [5, 5.41) is 0.920. The summed E-state index contributed by atoms with van der Waals surface area (Å²) >= 11 is 0. The third-order valence-electron chi connectivity index (χ3n) is 3.25. The standard InChI is InChI=1S/C17H16N2O2/c1-11-3-6-13(7-4-11)21-16-8-5-12-9-14(20-2)10-15(18)17(12)19-16/h3-10H,18H2,1-2H3. The van der Waals surface area contributed by atoms with Gasteiger partial charge in [-0.1, -0.05) is 17.7 Å². The molecule has 0 aliphatic carbocycles. The van der Waals surface area contributed by atoms with Crippen molar-refractivity contribution in [3.05, 3.63) is 54.1 Å². The third kappa shape index (κ3) is 2.74. The molecule has 0 aliphatic rings. The van der Waals surface area contributed by atoms with Crippen molar-refractivity contribution in [3.63, 3.8) is 0 Å². The van der Waals surface area contributed by atoms with Crippen molar-refractivity contribution in [2.24, 2.45) is 0 Å². The van der Waals surface area contributed by atoms with Gasteiger partial charge in [0, 0.05) is 17.5 Å². The lowest BCUT2D eigenvalue weighted by Gasteiger charge is -2.09. The summed E-state index contributed by atoms with van der Waals surface area (Å²) in [6.45, 7) is 2.03. The highest BCUT2D eigenvalue weighted by Gasteiger charge is 2.06. The summed E-state index contributed by atoms with van der Waals surface area (Å²) in [4.78, 5) is 4.47. The number of hydrogen-bond donors (Lipinski definition) is 1. The highest BCUT2D eigenvalue weighted by molar-refractivity contribution is 5.91. The molecule has 1 aromatic heterocycles. The number of aromatic nitrogens is 1. The highest BCUT2D eigenvalue weighted by Crippen LogP contribution is 2.29. The number of methoxy groups -OCH3 is 1. The van der Waals surface area contributed by atoms with Crippen LogP contribution >= 0.6 is 0 Å². The maximum atomic E-state index is 6.02. The minimum Gasteiger partial charge on any atom is -0.497 e. The maximum Gasteiger partial charge on any atom is 0.219 e. The molecule has 0 saturated carbocycles. The Bertz CT molecular complexity index is 783. The number of nitrogens with two attached hydrogens (primary N) is 1. The van der Waals surface area contributed by atoms with Crippen LogP contribution in [0, 0.1) is 6.92 Å². The highest BCUT2D eigenvalue weighted by atomic mass is 16.5. The minimum atomic E-state index is 0.517. The Morgan fingerprint density at radius 1 is 0.952 bits per heavy atom. The minimum absolute atomic E-state index is 0.517. The molecular formula is C17H16N2O2. The average molecular weight is 280 g/mol. The first-order valence-corrected chi connectivity index (χ1v) is 6.64. The fraction of sp³-hybridized carbons (Fsp3) is 0.118. The van der Waals surface area contributed by atoms with Gasteiger partial charge in [0.2, 0.25) is 5.88 Å². The number of nitrogens with zero attached hydrogens (tertiary/aromatic N) is 1. The normalized spacial score (nSPS) is 10.6. The zero-order valence-electron chi connectivity index (χ0n) is 12.0. The smallest absolute Gasteiger partial charge is 0.219 e. The van der Waals surface area contributed by atoms with Gasteiger partial charge in [-0.2, -0.15) is 0 Å². The molecule has 0 atom stereocenters. The largest absolute Gasteiger partial charge is 0.497 e. The molecule has 1 heterocycles. The van der Waals surface area contributed by atoms with Crippen molar-refractivity contribution >= 4 is 16.6 Å². The molecule has 0 amide bonds. The number of rotatable bonds is 3. The molecule has 4 nitrogen and oxygen atoms in total. The fourth-order valence-corrected chi connectivity index (χ4v) is 2.12. The summed E-state index contributed by atoms with van der Waals surface area (Å²) < 4.78 is 11.0. The quantitative estimate of drug-likeness (QED) is 0.739. The van der Waals surface area contributed by atoms with Crippen molar-refractivity contribution in [2.45, 2.75) is 6.92 Å². The van der Waals surface area contributed by atoms with Crippen LogP contribution in [0.3, 0.4) is 0 Å². The van der Waals surface area contributed by atoms with E-state index in [1.54, 1.807) is 13.2 Å². The average Bonchev–Trinajstić information content (AvgIpc) is 2.50. The van der Waals surface area contributed by atoms with Crippen LogP contribution in [0.2, 0.25) is 0 Å². The van der Waals surface area contributed by atoms with E-state index in [9.17, 15) is 0 Å². The Labute approximate surface area is 123 Å². The number of nitrogen functional groups attached to an aromatic ring is 1. The molecule has 0 bridgehead atoms. The van der Waals surface area contributed by atoms with Crippen molar-refractivity contribution in [1.29, 1.82) is 0 Å². The van der Waals surface area contributed by atoms with Crippen LogP contribution in [-0.4, -0.2) is 12.1 Å². The van der Waals surface area contributed by atoms with Crippen molar-refractivity contribution in [2.75, 3.05) is 12.8 Å². The van der Waals surface area contributed by atoms with Crippen LogP contribution in [0.25, 0.3) is 10.9 Å². The van der Waals surface area contributed by atoms with E-state index in [-0.39, 0.29) is 0 Å². The monoisotopic (exact) mass is 280 g/mol. The van der Waals surface area contributed by atoms with Crippen LogP contribution < -0.4 is 15.2 Å². The molecule has 0 fully saturated rings. The van der Waals surface area contributed by atoms with Crippen LogP contribution in [0.1, 0.15) is 5.56 Å². The van der Waals surface area contributed by atoms with Gasteiger partial charge in [0.1, 0.15) is 11.5 Å². The Morgan fingerprint density at radius 2 is 1.71 bits per heavy atom. The van der Waals surface area contributed by atoms with Gasteiger partial charge >= 0.3 is 0 Å². The van der Waals surface area contributed by atoms with Gasteiger partial charge in [-0.15, -0.1) is 0 Å². The number of anilines is 1. The number of fused-ring (bicyclic) bond motifs is 1. The van der Waals surface area contributed by atoms with E-state index >= 15 is 0 Å². The lowest BCUT2D eigenvalue weighted by molar-refractivity contribution is 0.415. The zero-order chi connectivity index (χ0) is 14.8. The van der Waals surface area contributed by atoms with Crippen LogP contribution in [0.15, 0.2) is 48.5 Å². The van der Waals surface area contributed by atoms with E-state index in [1.165, 1.54) is 5.56 Å². The molecule has 4 heteroatoms. The number of pyridine rings is 1. The van der Waals surface area contributed by atoms with Gasteiger partial charge in [-0.3, -0.25) is 0 Å². The molecule has 2 N–H and O–H groups in total. The number of hydrogen-bond acceptors (Lipinski definition) is 4. The maximum absolute atomic E-state index is 6.02. The van der Waals surface area contributed by atoms with E-state index in [2.05, 4.69) is 4.98 Å². The van der Waals surface area contributed by atoms with Gasteiger partial charge in [-0.05, 0) is 31.2 Å². The van der Waals surface area contributed by atoms with Crippen molar-refractivity contribution < 1.29 is 9.47 Å². The summed E-state index contributed by atoms with van der Waals surface area (Å²) in [5.74, 6) is 1.98. The third-order valence-corrected chi connectivity index (χ3v) is 3.25. The lowest BCUT2D eigenvalue weighted by atomic mass is 10.2. The summed E-state index contributed by atoms with van der Waals surface area (Å²) in [5.41, 5.74) is 8.48. The summed E-state index contributed by atoms with van der Waals surface area (Å²) in [7, 11) is 1.61. The molecule has 0 saturated heterocycles. The van der Waals surface area contributed by atoms with Crippen molar-refractivity contribution in [1.82, 2.24) is 4.98 Å². The van der Waals surface area contributed by atoms with E-state index in [1.807, 2.05) is 49.4 Å². The second-order valence-electron chi connectivity index (χ2n) is 4.85. The Hall–Kier alpha value is -2.75. The number of benzene rings is 2. The van der Waals surface area contributed by atoms with E-state index in [0.29, 0.717) is 22.8 Å². The molecule has 3 rings (SSSR count). The summed E-state index contributed by atoms with van der Waals surface area (Å²) in [6.07, 6.45) is 0.